The number of methoxy groups -OCH3 is 1. The van der Waals surface area contributed by atoms with Crippen molar-refractivity contribution in [3.8, 4) is 11.5 Å². The smallest absolute Gasteiger partial charge is 0.419 e. The molecule has 0 radical (unpaired) electrons. The summed E-state index contributed by atoms with van der Waals surface area (Å²) in [6, 6.07) is 6.63. The Labute approximate surface area is 158 Å². The number of halogens is 3. The minimum atomic E-state index is -4.67. The van der Waals surface area contributed by atoms with Crippen LogP contribution in [0.1, 0.15) is 22.8 Å². The molecule has 2 rings (SSSR count). The predicted octanol–water partition coefficient (Wildman–Crippen LogP) is 4.65. The number of esters is 1. The van der Waals surface area contributed by atoms with E-state index in [1.54, 1.807) is 18.9 Å². The van der Waals surface area contributed by atoms with Crippen molar-refractivity contribution in [2.75, 3.05) is 25.6 Å². The summed E-state index contributed by atoms with van der Waals surface area (Å²) in [6.45, 7) is 2.12. The Balaban J connectivity index is 2.69. The van der Waals surface area contributed by atoms with Crippen molar-refractivity contribution in [2.24, 2.45) is 0 Å². The number of carbonyl (C=O) groups is 1. The maximum Gasteiger partial charge on any atom is 0.419 e. The Morgan fingerprint density at radius 1 is 1.21 bits per heavy atom. The molecule has 0 saturated heterocycles. The van der Waals surface area contributed by atoms with E-state index in [9.17, 15) is 28.1 Å². The van der Waals surface area contributed by atoms with Gasteiger partial charge in [-0.15, -0.1) is 0 Å². The standard InChI is InChI=1S/C18H17F3N2O5/c1-4-22(2)14-10-13(23(25)26)11(17(24)27-3)9-16(14)28-15-8-6-5-7-12(15)18(19,20)21/h5-10H,4H2,1-3H3. The molecule has 10 heteroatoms. The van der Waals surface area contributed by atoms with Gasteiger partial charge < -0.3 is 14.4 Å². The molecule has 0 atom stereocenters. The summed E-state index contributed by atoms with van der Waals surface area (Å²) >= 11 is 0. The molecular formula is C18H17F3N2O5. The Morgan fingerprint density at radius 3 is 2.39 bits per heavy atom. The number of nitrogens with zero attached hydrogens (tertiary/aromatic N) is 2. The highest BCUT2D eigenvalue weighted by Gasteiger charge is 2.35. The third-order valence-corrected chi connectivity index (χ3v) is 3.98. The fraction of sp³-hybridized carbons (Fsp3) is 0.278. The van der Waals surface area contributed by atoms with E-state index < -0.39 is 39.6 Å². The molecule has 28 heavy (non-hydrogen) atoms. The van der Waals surface area contributed by atoms with Gasteiger partial charge in [0.2, 0.25) is 0 Å². The second-order valence-corrected chi connectivity index (χ2v) is 5.70. The van der Waals surface area contributed by atoms with Crippen LogP contribution in [0.25, 0.3) is 0 Å². The number of alkyl halides is 3. The third kappa shape index (κ3) is 4.33. The molecule has 0 heterocycles. The van der Waals surface area contributed by atoms with Gasteiger partial charge in [0.25, 0.3) is 5.69 Å². The van der Waals surface area contributed by atoms with E-state index in [-0.39, 0.29) is 11.4 Å². The van der Waals surface area contributed by atoms with Crippen LogP contribution in [0, 0.1) is 10.1 Å². The zero-order valence-electron chi connectivity index (χ0n) is 15.2. The van der Waals surface area contributed by atoms with Crippen LogP contribution >= 0.6 is 0 Å². The maximum absolute atomic E-state index is 13.3. The second-order valence-electron chi connectivity index (χ2n) is 5.70. The minimum Gasteiger partial charge on any atom is -0.465 e. The molecule has 0 aromatic heterocycles. The predicted molar refractivity (Wildman–Crippen MR) is 94.9 cm³/mol. The van der Waals surface area contributed by atoms with Crippen LogP contribution in [0.2, 0.25) is 0 Å². The van der Waals surface area contributed by atoms with Gasteiger partial charge in [0.1, 0.15) is 11.3 Å². The molecular weight excluding hydrogens is 381 g/mol. The normalized spacial score (nSPS) is 11.1. The van der Waals surface area contributed by atoms with Crippen molar-refractivity contribution >= 4 is 17.3 Å². The summed E-state index contributed by atoms with van der Waals surface area (Å²) in [7, 11) is 2.62. The molecule has 0 saturated carbocycles. The topological polar surface area (TPSA) is 81.9 Å². The van der Waals surface area contributed by atoms with Gasteiger partial charge in [0.15, 0.2) is 5.75 Å². The summed E-state index contributed by atoms with van der Waals surface area (Å²) in [5.41, 5.74) is -1.84. The lowest BCUT2D eigenvalue weighted by atomic mass is 10.1. The van der Waals surface area contributed by atoms with E-state index in [1.165, 1.54) is 12.1 Å². The van der Waals surface area contributed by atoms with Gasteiger partial charge in [-0.25, -0.2) is 4.79 Å². The molecule has 0 aliphatic carbocycles. The molecule has 0 unspecified atom stereocenters. The van der Waals surface area contributed by atoms with Crippen LogP contribution in [-0.4, -0.2) is 31.6 Å². The van der Waals surface area contributed by atoms with Crippen molar-refractivity contribution < 1.29 is 32.4 Å². The largest absolute Gasteiger partial charge is 0.465 e. The van der Waals surface area contributed by atoms with E-state index in [0.29, 0.717) is 6.54 Å². The number of benzene rings is 2. The first-order chi connectivity index (χ1) is 13.1. The lowest BCUT2D eigenvalue weighted by molar-refractivity contribution is -0.385. The number of ether oxygens (including phenoxy) is 2. The van der Waals surface area contributed by atoms with E-state index in [4.69, 9.17) is 4.74 Å². The highest BCUT2D eigenvalue weighted by Crippen LogP contribution is 2.42. The van der Waals surface area contributed by atoms with Crippen molar-refractivity contribution in [3.63, 3.8) is 0 Å². The van der Waals surface area contributed by atoms with E-state index >= 15 is 0 Å². The molecule has 2 aromatic rings. The second kappa shape index (κ2) is 8.15. The molecule has 0 amide bonds. The maximum atomic E-state index is 13.3. The van der Waals surface area contributed by atoms with Gasteiger partial charge in [-0.1, -0.05) is 12.1 Å². The number of nitro benzene ring substituents is 1. The average molecular weight is 398 g/mol. The van der Waals surface area contributed by atoms with Crippen LogP contribution in [0.4, 0.5) is 24.5 Å². The van der Waals surface area contributed by atoms with Crippen LogP contribution < -0.4 is 9.64 Å². The van der Waals surface area contributed by atoms with Crippen molar-refractivity contribution in [2.45, 2.75) is 13.1 Å². The van der Waals surface area contributed by atoms with Crippen LogP contribution in [-0.2, 0) is 10.9 Å². The van der Waals surface area contributed by atoms with Crippen molar-refractivity contribution in [1.29, 1.82) is 0 Å². The first-order valence-corrected chi connectivity index (χ1v) is 8.06. The Morgan fingerprint density at radius 2 is 1.86 bits per heavy atom. The summed E-state index contributed by atoms with van der Waals surface area (Å²) in [5, 5.41) is 11.4. The summed E-state index contributed by atoms with van der Waals surface area (Å²) in [4.78, 5) is 24.1. The van der Waals surface area contributed by atoms with Crippen LogP contribution in [0.3, 0.4) is 0 Å². The lowest BCUT2D eigenvalue weighted by Crippen LogP contribution is -2.18. The van der Waals surface area contributed by atoms with Gasteiger partial charge in [0.05, 0.1) is 23.3 Å². The van der Waals surface area contributed by atoms with Crippen LogP contribution in [0.15, 0.2) is 36.4 Å². The number of nitro groups is 1. The number of hydrogen-bond donors (Lipinski definition) is 0. The number of anilines is 1. The molecule has 7 nitrogen and oxygen atoms in total. The number of para-hydroxylation sites is 1. The fourth-order valence-corrected chi connectivity index (χ4v) is 2.44. The molecule has 0 aliphatic rings. The fourth-order valence-electron chi connectivity index (χ4n) is 2.44. The molecule has 0 aliphatic heterocycles. The zero-order chi connectivity index (χ0) is 21.1. The Kier molecular flexibility index (Phi) is 6.12. The third-order valence-electron chi connectivity index (χ3n) is 3.98. The highest BCUT2D eigenvalue weighted by atomic mass is 19.4. The lowest BCUT2D eigenvalue weighted by Gasteiger charge is -2.22. The highest BCUT2D eigenvalue weighted by molar-refractivity contribution is 5.95. The zero-order valence-corrected chi connectivity index (χ0v) is 15.2. The Hall–Kier alpha value is -3.30. The summed E-state index contributed by atoms with van der Waals surface area (Å²) < 4.78 is 49.8. The van der Waals surface area contributed by atoms with Gasteiger partial charge in [-0.2, -0.15) is 13.2 Å². The first-order valence-electron chi connectivity index (χ1n) is 8.06. The van der Waals surface area contributed by atoms with E-state index in [2.05, 4.69) is 4.74 Å². The molecule has 0 bridgehead atoms. The number of rotatable bonds is 6. The molecule has 150 valence electrons. The SMILES string of the molecule is CCN(C)c1cc([N+](=O)[O-])c(C(=O)OC)cc1Oc1ccccc1C(F)(F)F. The summed E-state index contributed by atoms with van der Waals surface area (Å²) in [5.74, 6) is -1.65. The first kappa shape index (κ1) is 21.0. The van der Waals surface area contributed by atoms with E-state index in [0.717, 1.165) is 31.4 Å². The van der Waals surface area contributed by atoms with E-state index in [1.807, 2.05) is 0 Å². The number of hydrogen-bond acceptors (Lipinski definition) is 6. The van der Waals surface area contributed by atoms with Gasteiger partial charge >= 0.3 is 12.1 Å². The molecule has 0 fully saturated rings. The molecule has 2 aromatic carbocycles. The van der Waals surface area contributed by atoms with Crippen LogP contribution in [0.5, 0.6) is 11.5 Å². The van der Waals surface area contributed by atoms with Crippen molar-refractivity contribution in [3.05, 3.63) is 57.6 Å². The van der Waals surface area contributed by atoms with Gasteiger partial charge in [-0.05, 0) is 19.1 Å². The van der Waals surface area contributed by atoms with Crippen molar-refractivity contribution in [1.82, 2.24) is 0 Å². The summed E-state index contributed by atoms with van der Waals surface area (Å²) in [6.07, 6.45) is -4.67. The monoisotopic (exact) mass is 398 g/mol. The average Bonchev–Trinajstić information content (AvgIpc) is 2.65. The van der Waals surface area contributed by atoms with Gasteiger partial charge in [-0.3, -0.25) is 10.1 Å². The minimum absolute atomic E-state index is 0.146. The molecule has 0 spiro atoms. The Bertz CT molecular complexity index is 899. The van der Waals surface area contributed by atoms with Gasteiger partial charge in [0, 0.05) is 25.7 Å². The number of carbonyl (C=O) groups excluding carboxylic acids is 1. The quantitative estimate of drug-likeness (QED) is 0.400. The molecule has 0 N–H and O–H groups in total.